The van der Waals surface area contributed by atoms with Crippen molar-refractivity contribution < 1.29 is 0 Å². The second-order valence-corrected chi connectivity index (χ2v) is 3.46. The van der Waals surface area contributed by atoms with E-state index in [1.807, 2.05) is 0 Å². The number of nitrogens with two attached hydrogens (primary N) is 1. The van der Waals surface area contributed by atoms with E-state index in [1.54, 1.807) is 0 Å². The highest BCUT2D eigenvalue weighted by Gasteiger charge is 1.93. The SMILES string of the molecule is CCC(=Cc1ccc(CC)cc1)CN. The van der Waals surface area contributed by atoms with Crippen LogP contribution in [0.1, 0.15) is 31.4 Å². The molecule has 1 aromatic rings. The van der Waals surface area contributed by atoms with Gasteiger partial charge in [0.1, 0.15) is 0 Å². The Bertz CT molecular complexity index is 290. The molecule has 0 bridgehead atoms. The van der Waals surface area contributed by atoms with Crippen LogP contribution in [0.2, 0.25) is 0 Å². The number of hydrogen-bond donors (Lipinski definition) is 1. The smallest absolute Gasteiger partial charge is 0.0140 e. The molecule has 0 heterocycles. The van der Waals surface area contributed by atoms with Crippen LogP contribution < -0.4 is 5.73 Å². The van der Waals surface area contributed by atoms with Crippen LogP contribution in [0, 0.1) is 0 Å². The van der Waals surface area contributed by atoms with E-state index in [1.165, 1.54) is 16.7 Å². The second-order valence-electron chi connectivity index (χ2n) is 3.46. The van der Waals surface area contributed by atoms with Gasteiger partial charge >= 0.3 is 0 Å². The first-order valence-electron chi connectivity index (χ1n) is 5.28. The monoisotopic (exact) mass is 189 g/mol. The summed E-state index contributed by atoms with van der Waals surface area (Å²) in [5.41, 5.74) is 9.56. The van der Waals surface area contributed by atoms with E-state index in [9.17, 15) is 0 Å². The zero-order chi connectivity index (χ0) is 10.4. The molecular formula is C13H19N. The van der Waals surface area contributed by atoms with E-state index in [-0.39, 0.29) is 0 Å². The molecule has 0 fully saturated rings. The van der Waals surface area contributed by atoms with E-state index in [2.05, 4.69) is 44.2 Å². The van der Waals surface area contributed by atoms with Gasteiger partial charge < -0.3 is 5.73 Å². The highest BCUT2D eigenvalue weighted by molar-refractivity contribution is 5.53. The van der Waals surface area contributed by atoms with Crippen molar-refractivity contribution >= 4 is 6.08 Å². The summed E-state index contributed by atoms with van der Waals surface area (Å²) in [5, 5.41) is 0. The summed E-state index contributed by atoms with van der Waals surface area (Å²) in [7, 11) is 0. The summed E-state index contributed by atoms with van der Waals surface area (Å²) in [6.07, 6.45) is 4.31. The molecule has 14 heavy (non-hydrogen) atoms. The Morgan fingerprint density at radius 3 is 2.29 bits per heavy atom. The second kappa shape index (κ2) is 5.61. The maximum Gasteiger partial charge on any atom is 0.0140 e. The summed E-state index contributed by atoms with van der Waals surface area (Å²) in [6.45, 7) is 4.97. The lowest BCUT2D eigenvalue weighted by Crippen LogP contribution is -2.01. The standard InChI is InChI=1S/C13H19N/c1-3-11-5-7-13(8-6-11)9-12(4-2)10-14/h5-9H,3-4,10,14H2,1-2H3. The van der Waals surface area contributed by atoms with Crippen LogP contribution in [0.3, 0.4) is 0 Å². The molecule has 0 saturated heterocycles. The van der Waals surface area contributed by atoms with Crippen molar-refractivity contribution in [3.05, 3.63) is 41.0 Å². The van der Waals surface area contributed by atoms with Crippen LogP contribution in [0.25, 0.3) is 6.08 Å². The van der Waals surface area contributed by atoms with Gasteiger partial charge in [0, 0.05) is 6.54 Å². The quantitative estimate of drug-likeness (QED) is 0.774. The fraction of sp³-hybridized carbons (Fsp3) is 0.385. The summed E-state index contributed by atoms with van der Waals surface area (Å²) >= 11 is 0. The number of aryl methyl sites for hydroxylation is 1. The number of rotatable bonds is 4. The average Bonchev–Trinajstić information content (AvgIpc) is 2.26. The normalized spacial score (nSPS) is 11.8. The lowest BCUT2D eigenvalue weighted by atomic mass is 10.1. The molecule has 0 atom stereocenters. The van der Waals surface area contributed by atoms with Crippen LogP contribution in [0.5, 0.6) is 0 Å². The van der Waals surface area contributed by atoms with E-state index < -0.39 is 0 Å². The van der Waals surface area contributed by atoms with Crippen molar-refractivity contribution in [2.75, 3.05) is 6.54 Å². The van der Waals surface area contributed by atoms with Crippen molar-refractivity contribution in [3.8, 4) is 0 Å². The third-order valence-electron chi connectivity index (χ3n) is 2.48. The van der Waals surface area contributed by atoms with Gasteiger partial charge in [0.15, 0.2) is 0 Å². The van der Waals surface area contributed by atoms with Crippen LogP contribution in [-0.4, -0.2) is 6.54 Å². The molecular weight excluding hydrogens is 170 g/mol. The summed E-state index contributed by atoms with van der Waals surface area (Å²) < 4.78 is 0. The van der Waals surface area contributed by atoms with Crippen molar-refractivity contribution in [2.45, 2.75) is 26.7 Å². The Morgan fingerprint density at radius 1 is 1.21 bits per heavy atom. The van der Waals surface area contributed by atoms with E-state index >= 15 is 0 Å². The Morgan fingerprint density at radius 2 is 1.86 bits per heavy atom. The highest BCUT2D eigenvalue weighted by atomic mass is 14.5. The van der Waals surface area contributed by atoms with Gasteiger partial charge in [-0.2, -0.15) is 0 Å². The molecule has 1 nitrogen and oxygen atoms in total. The molecule has 1 aromatic carbocycles. The fourth-order valence-corrected chi connectivity index (χ4v) is 1.39. The molecule has 2 N–H and O–H groups in total. The fourth-order valence-electron chi connectivity index (χ4n) is 1.39. The predicted octanol–water partition coefficient (Wildman–Crippen LogP) is 3.00. The largest absolute Gasteiger partial charge is 0.327 e. The lowest BCUT2D eigenvalue weighted by molar-refractivity contribution is 1.02. The first kappa shape index (κ1) is 11.0. The molecule has 0 radical (unpaired) electrons. The maximum atomic E-state index is 5.62. The van der Waals surface area contributed by atoms with Crippen molar-refractivity contribution in [2.24, 2.45) is 5.73 Å². The third kappa shape index (κ3) is 3.00. The molecule has 0 aromatic heterocycles. The zero-order valence-corrected chi connectivity index (χ0v) is 9.09. The first-order chi connectivity index (χ1) is 6.80. The zero-order valence-electron chi connectivity index (χ0n) is 9.09. The minimum Gasteiger partial charge on any atom is -0.327 e. The Balaban J connectivity index is 2.81. The average molecular weight is 189 g/mol. The van der Waals surface area contributed by atoms with Gasteiger partial charge in [0.2, 0.25) is 0 Å². The van der Waals surface area contributed by atoms with E-state index in [0.29, 0.717) is 6.54 Å². The van der Waals surface area contributed by atoms with Crippen LogP contribution >= 0.6 is 0 Å². The van der Waals surface area contributed by atoms with Gasteiger partial charge in [-0.25, -0.2) is 0 Å². The summed E-state index contributed by atoms with van der Waals surface area (Å²) in [5.74, 6) is 0. The third-order valence-corrected chi connectivity index (χ3v) is 2.48. The number of hydrogen-bond acceptors (Lipinski definition) is 1. The number of benzene rings is 1. The van der Waals surface area contributed by atoms with E-state index in [0.717, 1.165) is 12.8 Å². The summed E-state index contributed by atoms with van der Waals surface area (Å²) in [4.78, 5) is 0. The molecule has 0 saturated carbocycles. The molecule has 0 aliphatic carbocycles. The first-order valence-corrected chi connectivity index (χ1v) is 5.28. The predicted molar refractivity (Wildman–Crippen MR) is 63.1 cm³/mol. The molecule has 76 valence electrons. The van der Waals surface area contributed by atoms with Crippen LogP contribution in [-0.2, 0) is 6.42 Å². The van der Waals surface area contributed by atoms with Crippen molar-refractivity contribution in [3.63, 3.8) is 0 Å². The van der Waals surface area contributed by atoms with Crippen molar-refractivity contribution in [1.29, 1.82) is 0 Å². The minimum atomic E-state index is 0.659. The van der Waals surface area contributed by atoms with Crippen molar-refractivity contribution in [1.82, 2.24) is 0 Å². The van der Waals surface area contributed by atoms with Crippen LogP contribution in [0.4, 0.5) is 0 Å². The molecule has 0 unspecified atom stereocenters. The molecule has 1 rings (SSSR count). The van der Waals surface area contributed by atoms with Gasteiger partial charge in [-0.05, 0) is 24.0 Å². The molecule has 0 aliphatic rings. The van der Waals surface area contributed by atoms with Gasteiger partial charge in [-0.15, -0.1) is 0 Å². The summed E-state index contributed by atoms with van der Waals surface area (Å²) in [6, 6.07) is 8.67. The Hall–Kier alpha value is -1.08. The highest BCUT2D eigenvalue weighted by Crippen LogP contribution is 2.10. The van der Waals surface area contributed by atoms with Crippen LogP contribution in [0.15, 0.2) is 29.8 Å². The van der Waals surface area contributed by atoms with E-state index in [4.69, 9.17) is 5.73 Å². The minimum absolute atomic E-state index is 0.659. The Labute approximate surface area is 86.6 Å². The Kier molecular flexibility index (Phi) is 4.41. The molecule has 0 spiro atoms. The lowest BCUT2D eigenvalue weighted by Gasteiger charge is -2.01. The molecule has 0 aliphatic heterocycles. The maximum absolute atomic E-state index is 5.62. The molecule has 1 heteroatoms. The van der Waals surface area contributed by atoms with Gasteiger partial charge in [0.25, 0.3) is 0 Å². The van der Waals surface area contributed by atoms with Gasteiger partial charge in [0.05, 0.1) is 0 Å². The van der Waals surface area contributed by atoms with Gasteiger partial charge in [-0.3, -0.25) is 0 Å². The topological polar surface area (TPSA) is 26.0 Å². The molecule has 0 amide bonds. The van der Waals surface area contributed by atoms with Gasteiger partial charge in [-0.1, -0.05) is 49.8 Å².